The zero-order valence-corrected chi connectivity index (χ0v) is 10.7. The zero-order chi connectivity index (χ0) is 12.1. The van der Waals surface area contributed by atoms with Gasteiger partial charge in [-0.3, -0.25) is 4.79 Å². The molecule has 1 amide bonds. The van der Waals surface area contributed by atoms with Crippen LogP contribution in [0.2, 0.25) is 0 Å². The lowest BCUT2D eigenvalue weighted by Gasteiger charge is -2.20. The molecular formula is C14H25NO2. The minimum absolute atomic E-state index is 0.289. The number of amides is 1. The molecule has 2 N–H and O–H groups in total. The number of hydrogen-bond donors (Lipinski definition) is 2. The molecule has 0 saturated heterocycles. The number of carbonyl (C=O) groups excluding carboxylic acids is 1. The Morgan fingerprint density at radius 3 is 2.59 bits per heavy atom. The molecule has 2 aliphatic rings. The van der Waals surface area contributed by atoms with Gasteiger partial charge in [0.15, 0.2) is 0 Å². The summed E-state index contributed by atoms with van der Waals surface area (Å²) in [5, 5.41) is 11.7. The van der Waals surface area contributed by atoms with Gasteiger partial charge in [0.25, 0.3) is 0 Å². The van der Waals surface area contributed by atoms with E-state index in [1.807, 2.05) is 0 Å². The SMILES string of the molecule is O=C(NCCCCCCO)C1CC2CCC1C2. The maximum absolute atomic E-state index is 12.0. The standard InChI is InChI=1S/C14H25NO2/c16-8-4-2-1-3-7-15-14(17)13-10-11-5-6-12(13)9-11/h11-13,16H,1-10H2,(H,15,17). The first-order valence-electron chi connectivity index (χ1n) is 7.20. The van der Waals surface area contributed by atoms with Crippen molar-refractivity contribution in [2.24, 2.45) is 17.8 Å². The van der Waals surface area contributed by atoms with Gasteiger partial charge in [-0.15, -0.1) is 0 Å². The van der Waals surface area contributed by atoms with E-state index in [2.05, 4.69) is 5.32 Å². The highest BCUT2D eigenvalue weighted by atomic mass is 16.2. The summed E-state index contributed by atoms with van der Waals surface area (Å²) in [6.45, 7) is 1.11. The van der Waals surface area contributed by atoms with Crippen LogP contribution in [-0.2, 0) is 4.79 Å². The summed E-state index contributed by atoms with van der Waals surface area (Å²) in [5.41, 5.74) is 0. The third-order valence-electron chi connectivity index (χ3n) is 4.46. The van der Waals surface area contributed by atoms with E-state index in [9.17, 15) is 4.79 Å². The smallest absolute Gasteiger partial charge is 0.223 e. The molecular weight excluding hydrogens is 214 g/mol. The number of carbonyl (C=O) groups is 1. The van der Waals surface area contributed by atoms with Gasteiger partial charge in [0.05, 0.1) is 0 Å². The van der Waals surface area contributed by atoms with Crippen molar-refractivity contribution in [3.05, 3.63) is 0 Å². The molecule has 3 unspecified atom stereocenters. The molecule has 2 bridgehead atoms. The normalized spacial score (nSPS) is 30.8. The van der Waals surface area contributed by atoms with Gasteiger partial charge in [-0.2, -0.15) is 0 Å². The van der Waals surface area contributed by atoms with Gasteiger partial charge < -0.3 is 10.4 Å². The lowest BCUT2D eigenvalue weighted by atomic mass is 9.88. The Bertz CT molecular complexity index is 255. The predicted molar refractivity (Wildman–Crippen MR) is 67.5 cm³/mol. The molecule has 0 heterocycles. The van der Waals surface area contributed by atoms with Gasteiger partial charge in [-0.1, -0.05) is 19.3 Å². The van der Waals surface area contributed by atoms with Crippen molar-refractivity contribution in [1.82, 2.24) is 5.32 Å². The lowest BCUT2D eigenvalue weighted by Crippen LogP contribution is -2.34. The van der Waals surface area contributed by atoms with Crippen LogP contribution in [0.3, 0.4) is 0 Å². The Balaban J connectivity index is 1.55. The van der Waals surface area contributed by atoms with Gasteiger partial charge in [0, 0.05) is 19.1 Å². The lowest BCUT2D eigenvalue weighted by molar-refractivity contribution is -0.126. The molecule has 2 aliphatic carbocycles. The van der Waals surface area contributed by atoms with Crippen LogP contribution >= 0.6 is 0 Å². The zero-order valence-electron chi connectivity index (χ0n) is 10.7. The number of aliphatic hydroxyl groups excluding tert-OH is 1. The van der Waals surface area contributed by atoms with Crippen molar-refractivity contribution in [3.63, 3.8) is 0 Å². The molecule has 3 heteroatoms. The molecule has 2 fully saturated rings. The first-order valence-corrected chi connectivity index (χ1v) is 7.20. The van der Waals surface area contributed by atoms with Crippen molar-refractivity contribution >= 4 is 5.91 Å². The second kappa shape index (κ2) is 6.39. The second-order valence-corrected chi connectivity index (χ2v) is 5.71. The first kappa shape index (κ1) is 12.9. The number of fused-ring (bicyclic) bond motifs is 2. The summed E-state index contributed by atoms with van der Waals surface area (Å²) in [4.78, 5) is 12.0. The number of aliphatic hydroxyl groups is 1. The largest absolute Gasteiger partial charge is 0.396 e. The topological polar surface area (TPSA) is 49.3 Å². The van der Waals surface area contributed by atoms with Crippen LogP contribution in [0.1, 0.15) is 51.4 Å². The van der Waals surface area contributed by atoms with Gasteiger partial charge >= 0.3 is 0 Å². The minimum atomic E-state index is 0.289. The molecule has 0 radical (unpaired) electrons. The number of unbranched alkanes of at least 4 members (excludes halogenated alkanes) is 3. The van der Waals surface area contributed by atoms with Crippen molar-refractivity contribution in [1.29, 1.82) is 0 Å². The molecule has 98 valence electrons. The predicted octanol–water partition coefficient (Wildman–Crippen LogP) is 2.09. The minimum Gasteiger partial charge on any atom is -0.396 e. The molecule has 3 nitrogen and oxygen atoms in total. The molecule has 0 aromatic heterocycles. The van der Waals surface area contributed by atoms with Crippen LogP contribution in [0.25, 0.3) is 0 Å². The Labute approximate surface area is 104 Å². The van der Waals surface area contributed by atoms with Crippen LogP contribution in [0.4, 0.5) is 0 Å². The highest BCUT2D eigenvalue weighted by Crippen LogP contribution is 2.48. The summed E-state index contributed by atoms with van der Waals surface area (Å²) in [5.74, 6) is 2.17. The van der Waals surface area contributed by atoms with Crippen molar-refractivity contribution in [2.75, 3.05) is 13.2 Å². The highest BCUT2D eigenvalue weighted by molar-refractivity contribution is 5.79. The molecule has 0 aliphatic heterocycles. The molecule has 2 rings (SSSR count). The van der Waals surface area contributed by atoms with E-state index < -0.39 is 0 Å². The average molecular weight is 239 g/mol. The summed E-state index contributed by atoms with van der Waals surface area (Å²) < 4.78 is 0. The summed E-state index contributed by atoms with van der Waals surface area (Å²) in [7, 11) is 0. The molecule has 3 atom stereocenters. The number of hydrogen-bond acceptors (Lipinski definition) is 2. The second-order valence-electron chi connectivity index (χ2n) is 5.71. The van der Waals surface area contributed by atoms with Crippen molar-refractivity contribution < 1.29 is 9.90 Å². The fourth-order valence-corrected chi connectivity index (χ4v) is 3.50. The molecule has 17 heavy (non-hydrogen) atoms. The summed E-state index contributed by atoms with van der Waals surface area (Å²) >= 11 is 0. The van der Waals surface area contributed by atoms with Crippen LogP contribution in [0, 0.1) is 17.8 Å². The van der Waals surface area contributed by atoms with Gasteiger partial charge in [-0.05, 0) is 43.9 Å². The number of rotatable bonds is 7. The van der Waals surface area contributed by atoms with Crippen LogP contribution in [-0.4, -0.2) is 24.2 Å². The molecule has 0 aromatic carbocycles. The number of nitrogens with one attached hydrogen (secondary N) is 1. The van der Waals surface area contributed by atoms with E-state index >= 15 is 0 Å². The van der Waals surface area contributed by atoms with E-state index in [-0.39, 0.29) is 6.61 Å². The van der Waals surface area contributed by atoms with Crippen LogP contribution < -0.4 is 5.32 Å². The summed E-state index contributed by atoms with van der Waals surface area (Å²) in [6.07, 6.45) is 9.19. The maximum atomic E-state index is 12.0. The maximum Gasteiger partial charge on any atom is 0.223 e. The summed E-state index contributed by atoms with van der Waals surface area (Å²) in [6, 6.07) is 0. The van der Waals surface area contributed by atoms with Crippen molar-refractivity contribution in [3.8, 4) is 0 Å². The van der Waals surface area contributed by atoms with Crippen molar-refractivity contribution in [2.45, 2.75) is 51.4 Å². The monoisotopic (exact) mass is 239 g/mol. The van der Waals surface area contributed by atoms with E-state index in [0.29, 0.717) is 17.7 Å². The third-order valence-corrected chi connectivity index (χ3v) is 4.46. The van der Waals surface area contributed by atoms with Crippen LogP contribution in [0.5, 0.6) is 0 Å². The van der Waals surface area contributed by atoms with Gasteiger partial charge in [0.2, 0.25) is 5.91 Å². The molecule has 0 aromatic rings. The first-order chi connectivity index (χ1) is 8.31. The van der Waals surface area contributed by atoms with Crippen LogP contribution in [0.15, 0.2) is 0 Å². The Kier molecular flexibility index (Phi) is 4.84. The quantitative estimate of drug-likeness (QED) is 0.668. The van der Waals surface area contributed by atoms with E-state index in [0.717, 1.165) is 44.6 Å². The van der Waals surface area contributed by atoms with Gasteiger partial charge in [-0.25, -0.2) is 0 Å². The van der Waals surface area contributed by atoms with E-state index in [1.165, 1.54) is 19.3 Å². The average Bonchev–Trinajstić information content (AvgIpc) is 2.95. The fourth-order valence-electron chi connectivity index (χ4n) is 3.50. The Morgan fingerprint density at radius 1 is 1.12 bits per heavy atom. The third kappa shape index (κ3) is 3.44. The molecule has 0 spiro atoms. The van der Waals surface area contributed by atoms with Gasteiger partial charge in [0.1, 0.15) is 0 Å². The Hall–Kier alpha value is -0.570. The van der Waals surface area contributed by atoms with E-state index in [4.69, 9.17) is 5.11 Å². The fraction of sp³-hybridized carbons (Fsp3) is 0.929. The Morgan fingerprint density at radius 2 is 1.94 bits per heavy atom. The van der Waals surface area contributed by atoms with E-state index in [1.54, 1.807) is 0 Å². The molecule has 2 saturated carbocycles. The highest BCUT2D eigenvalue weighted by Gasteiger charge is 2.42.